The molecule has 0 atom stereocenters. The summed E-state index contributed by atoms with van der Waals surface area (Å²) in [5.41, 5.74) is 5.92. The first-order chi connectivity index (χ1) is 6.63. The van der Waals surface area contributed by atoms with E-state index in [9.17, 15) is 4.79 Å². The summed E-state index contributed by atoms with van der Waals surface area (Å²) in [5.74, 6) is 0.628. The van der Waals surface area contributed by atoms with Crippen LogP contribution in [-0.2, 0) is 6.54 Å². The molecule has 76 valence electrons. The summed E-state index contributed by atoms with van der Waals surface area (Å²) in [5, 5.41) is 0. The first-order valence-corrected chi connectivity index (χ1v) is 4.22. The van der Waals surface area contributed by atoms with Crippen LogP contribution in [0.25, 0.3) is 0 Å². The summed E-state index contributed by atoms with van der Waals surface area (Å²) in [6, 6.07) is 1.33. The van der Waals surface area contributed by atoms with Gasteiger partial charge in [0.25, 0.3) is 0 Å². The molecule has 0 saturated heterocycles. The predicted molar refractivity (Wildman–Crippen MR) is 53.2 cm³/mol. The lowest BCUT2D eigenvalue weighted by Crippen LogP contribution is -2.10. The maximum atomic E-state index is 11.3. The first-order valence-electron chi connectivity index (χ1n) is 4.22. The molecule has 0 aromatic carbocycles. The van der Waals surface area contributed by atoms with Crippen LogP contribution < -0.4 is 15.9 Å². The predicted octanol–water partition coefficient (Wildman–Crippen LogP) is 1.05. The molecule has 0 aliphatic rings. The summed E-state index contributed by atoms with van der Waals surface area (Å²) >= 11 is 0. The maximum Gasteiger partial charge on any atom is 0.227 e. The van der Waals surface area contributed by atoms with Crippen LogP contribution in [-0.4, -0.2) is 6.61 Å². The van der Waals surface area contributed by atoms with Crippen molar-refractivity contribution in [3.05, 3.63) is 40.5 Å². The minimum absolute atomic E-state index is 0.185. The third-order valence-corrected chi connectivity index (χ3v) is 1.53. The van der Waals surface area contributed by atoms with E-state index in [1.807, 2.05) is 6.92 Å². The van der Waals surface area contributed by atoms with Crippen molar-refractivity contribution in [2.45, 2.75) is 13.5 Å². The van der Waals surface area contributed by atoms with Gasteiger partial charge in [-0.05, 0) is 12.5 Å². The zero-order valence-electron chi connectivity index (χ0n) is 8.08. The molecule has 0 fully saturated rings. The molecule has 2 N–H and O–H groups in total. The van der Waals surface area contributed by atoms with Crippen LogP contribution in [0.2, 0.25) is 0 Å². The Hall–Kier alpha value is -1.55. The van der Waals surface area contributed by atoms with Gasteiger partial charge in [-0.25, -0.2) is 0 Å². The molecule has 0 aliphatic heterocycles. The smallest absolute Gasteiger partial charge is 0.227 e. The van der Waals surface area contributed by atoms with Gasteiger partial charge in [0.1, 0.15) is 18.6 Å². The standard InChI is InChI=1S/C10H13NO3/c1-7(2)5-14-10-6-13-8(4-11)3-9(10)12/h3,6H,1,4-5,11H2,2H3. The third kappa shape index (κ3) is 2.74. The van der Waals surface area contributed by atoms with E-state index < -0.39 is 0 Å². The molecular formula is C10H13NO3. The van der Waals surface area contributed by atoms with Crippen molar-refractivity contribution in [3.63, 3.8) is 0 Å². The Kier molecular flexibility index (Phi) is 3.48. The molecule has 14 heavy (non-hydrogen) atoms. The normalized spacial score (nSPS) is 9.86. The van der Waals surface area contributed by atoms with Crippen LogP contribution in [0.1, 0.15) is 12.7 Å². The van der Waals surface area contributed by atoms with Crippen LogP contribution >= 0.6 is 0 Å². The first kappa shape index (κ1) is 10.5. The summed E-state index contributed by atoms with van der Waals surface area (Å²) in [6.07, 6.45) is 1.27. The molecule has 0 spiro atoms. The summed E-state index contributed by atoms with van der Waals surface area (Å²) < 4.78 is 10.2. The molecule has 4 nitrogen and oxygen atoms in total. The van der Waals surface area contributed by atoms with E-state index in [1.165, 1.54) is 12.3 Å². The lowest BCUT2D eigenvalue weighted by molar-refractivity contribution is 0.330. The van der Waals surface area contributed by atoms with Crippen LogP contribution in [0.15, 0.2) is 33.7 Å². The second-order valence-corrected chi connectivity index (χ2v) is 3.02. The Bertz CT molecular complexity index is 381. The molecule has 0 amide bonds. The average Bonchev–Trinajstić information content (AvgIpc) is 2.15. The van der Waals surface area contributed by atoms with Crippen LogP contribution in [0.5, 0.6) is 5.75 Å². The highest BCUT2D eigenvalue weighted by molar-refractivity contribution is 5.18. The molecule has 0 radical (unpaired) electrons. The SMILES string of the molecule is C=C(C)COc1coc(CN)cc1=O. The van der Waals surface area contributed by atoms with Gasteiger partial charge in [0.15, 0.2) is 0 Å². The van der Waals surface area contributed by atoms with Gasteiger partial charge in [-0.15, -0.1) is 0 Å². The van der Waals surface area contributed by atoms with Gasteiger partial charge in [-0.2, -0.15) is 0 Å². The Labute approximate surface area is 82.0 Å². The van der Waals surface area contributed by atoms with Crippen molar-refractivity contribution in [3.8, 4) is 5.75 Å². The highest BCUT2D eigenvalue weighted by atomic mass is 16.5. The Morgan fingerprint density at radius 3 is 2.93 bits per heavy atom. The molecule has 1 aromatic rings. The molecular weight excluding hydrogens is 182 g/mol. The van der Waals surface area contributed by atoms with Gasteiger partial charge in [-0.3, -0.25) is 4.79 Å². The van der Waals surface area contributed by atoms with Crippen molar-refractivity contribution in [1.82, 2.24) is 0 Å². The van der Waals surface area contributed by atoms with Crippen LogP contribution in [0.4, 0.5) is 0 Å². The monoisotopic (exact) mass is 195 g/mol. The molecule has 1 heterocycles. The number of nitrogens with two attached hydrogens (primary N) is 1. The summed E-state index contributed by atoms with van der Waals surface area (Å²) in [7, 11) is 0. The Balaban J connectivity index is 2.79. The largest absolute Gasteiger partial charge is 0.482 e. The summed E-state index contributed by atoms with van der Waals surface area (Å²) in [4.78, 5) is 11.3. The van der Waals surface area contributed by atoms with E-state index in [0.717, 1.165) is 5.57 Å². The lowest BCUT2D eigenvalue weighted by atomic mass is 10.3. The molecule has 0 saturated carbocycles. The molecule has 1 rings (SSSR count). The Morgan fingerprint density at radius 1 is 1.71 bits per heavy atom. The third-order valence-electron chi connectivity index (χ3n) is 1.53. The van der Waals surface area contributed by atoms with E-state index in [1.54, 1.807) is 0 Å². The quantitative estimate of drug-likeness (QED) is 0.729. The molecule has 0 bridgehead atoms. The number of rotatable bonds is 4. The van der Waals surface area contributed by atoms with E-state index >= 15 is 0 Å². The zero-order valence-corrected chi connectivity index (χ0v) is 8.08. The topological polar surface area (TPSA) is 65.5 Å². The van der Waals surface area contributed by atoms with Gasteiger partial charge < -0.3 is 14.9 Å². The minimum atomic E-state index is -0.224. The van der Waals surface area contributed by atoms with Crippen molar-refractivity contribution in [2.75, 3.05) is 6.61 Å². The highest BCUT2D eigenvalue weighted by Crippen LogP contribution is 2.06. The van der Waals surface area contributed by atoms with Crippen LogP contribution in [0, 0.1) is 0 Å². The fraction of sp³-hybridized carbons (Fsp3) is 0.300. The average molecular weight is 195 g/mol. The summed E-state index contributed by atoms with van der Waals surface area (Å²) in [6.45, 7) is 5.99. The van der Waals surface area contributed by atoms with Crippen molar-refractivity contribution >= 4 is 0 Å². The van der Waals surface area contributed by atoms with Crippen LogP contribution in [0.3, 0.4) is 0 Å². The number of hydrogen-bond acceptors (Lipinski definition) is 4. The van der Waals surface area contributed by atoms with Gasteiger partial charge in [-0.1, -0.05) is 6.58 Å². The van der Waals surface area contributed by atoms with E-state index in [4.69, 9.17) is 14.9 Å². The fourth-order valence-corrected chi connectivity index (χ4v) is 0.852. The van der Waals surface area contributed by atoms with E-state index in [-0.39, 0.29) is 17.7 Å². The highest BCUT2D eigenvalue weighted by Gasteiger charge is 2.03. The Morgan fingerprint density at radius 2 is 2.43 bits per heavy atom. The molecule has 4 heteroatoms. The van der Waals surface area contributed by atoms with Gasteiger partial charge in [0.2, 0.25) is 11.2 Å². The van der Waals surface area contributed by atoms with Crippen molar-refractivity contribution < 1.29 is 9.15 Å². The van der Waals surface area contributed by atoms with Crippen molar-refractivity contribution in [2.24, 2.45) is 5.73 Å². The molecule has 0 aliphatic carbocycles. The van der Waals surface area contributed by atoms with E-state index in [2.05, 4.69) is 6.58 Å². The zero-order chi connectivity index (χ0) is 10.6. The van der Waals surface area contributed by atoms with Gasteiger partial charge in [0, 0.05) is 6.07 Å². The molecule has 0 unspecified atom stereocenters. The molecule has 1 aromatic heterocycles. The second kappa shape index (κ2) is 4.62. The van der Waals surface area contributed by atoms with Gasteiger partial charge >= 0.3 is 0 Å². The minimum Gasteiger partial charge on any atom is -0.482 e. The maximum absolute atomic E-state index is 11.3. The fourth-order valence-electron chi connectivity index (χ4n) is 0.852. The number of ether oxygens (including phenoxy) is 1. The number of hydrogen-bond donors (Lipinski definition) is 1. The van der Waals surface area contributed by atoms with Crippen molar-refractivity contribution in [1.29, 1.82) is 0 Å². The van der Waals surface area contributed by atoms with E-state index in [0.29, 0.717) is 12.4 Å². The second-order valence-electron chi connectivity index (χ2n) is 3.02. The van der Waals surface area contributed by atoms with Gasteiger partial charge in [0.05, 0.1) is 6.54 Å². The lowest BCUT2D eigenvalue weighted by Gasteiger charge is -2.04.